The van der Waals surface area contributed by atoms with Crippen molar-refractivity contribution in [1.82, 2.24) is 14.3 Å². The van der Waals surface area contributed by atoms with Gasteiger partial charge in [-0.25, -0.2) is 13.8 Å². The first-order valence-corrected chi connectivity index (χ1v) is 10.7. The lowest BCUT2D eigenvalue weighted by Gasteiger charge is -2.26. The minimum absolute atomic E-state index is 0.0658. The second-order valence-corrected chi connectivity index (χ2v) is 8.18. The number of aromatic nitrogens is 2. The van der Waals surface area contributed by atoms with Crippen LogP contribution in [-0.2, 0) is 11.3 Å². The molecule has 1 aliphatic heterocycles. The number of aryl methyl sites for hydroxylation is 1. The van der Waals surface area contributed by atoms with Gasteiger partial charge in [-0.05, 0) is 31.6 Å². The van der Waals surface area contributed by atoms with E-state index in [4.69, 9.17) is 9.72 Å². The van der Waals surface area contributed by atoms with Crippen molar-refractivity contribution >= 4 is 11.2 Å². The molecule has 2 aromatic heterocycles. The molecule has 0 unspecified atom stereocenters. The molecule has 0 atom stereocenters. The highest BCUT2D eigenvalue weighted by Crippen LogP contribution is 2.36. The zero-order valence-corrected chi connectivity index (χ0v) is 17.6. The van der Waals surface area contributed by atoms with Gasteiger partial charge < -0.3 is 9.14 Å². The molecule has 1 aromatic carbocycles. The van der Waals surface area contributed by atoms with Gasteiger partial charge in [-0.1, -0.05) is 29.8 Å². The Morgan fingerprint density at radius 3 is 2.48 bits per heavy atom. The van der Waals surface area contributed by atoms with Crippen molar-refractivity contribution in [2.24, 2.45) is 0 Å². The van der Waals surface area contributed by atoms with Crippen molar-refractivity contribution in [3.63, 3.8) is 0 Å². The summed E-state index contributed by atoms with van der Waals surface area (Å²) < 4.78 is 36.5. The van der Waals surface area contributed by atoms with Gasteiger partial charge in [0.1, 0.15) is 17.3 Å². The summed E-state index contributed by atoms with van der Waals surface area (Å²) in [6.07, 6.45) is 3.92. The van der Waals surface area contributed by atoms with E-state index >= 15 is 0 Å². The molecule has 4 nitrogen and oxygen atoms in total. The number of allylic oxidation sites excluding steroid dienone is 4. The molecule has 0 saturated carbocycles. The van der Waals surface area contributed by atoms with Gasteiger partial charge in [-0.3, -0.25) is 4.90 Å². The average Bonchev–Trinajstić information content (AvgIpc) is 3.13. The lowest BCUT2D eigenvalue weighted by atomic mass is 9.99. The fourth-order valence-corrected chi connectivity index (χ4v) is 4.28. The second kappa shape index (κ2) is 8.36. The molecule has 1 saturated heterocycles. The van der Waals surface area contributed by atoms with Crippen molar-refractivity contribution in [2.75, 3.05) is 26.3 Å². The number of fused-ring (bicyclic) bond motifs is 1. The van der Waals surface area contributed by atoms with Gasteiger partial charge in [0, 0.05) is 43.4 Å². The Labute approximate surface area is 180 Å². The van der Waals surface area contributed by atoms with Crippen molar-refractivity contribution in [3.05, 3.63) is 77.1 Å². The van der Waals surface area contributed by atoms with Crippen LogP contribution in [-0.4, -0.2) is 40.6 Å². The van der Waals surface area contributed by atoms with E-state index in [1.54, 1.807) is 6.07 Å². The molecule has 0 spiro atoms. The monoisotopic (exact) mass is 421 g/mol. The quantitative estimate of drug-likeness (QED) is 0.560. The highest BCUT2D eigenvalue weighted by molar-refractivity contribution is 5.80. The van der Waals surface area contributed by atoms with E-state index in [1.165, 1.54) is 11.6 Å². The molecular formula is C25H25F2N3O. The van der Waals surface area contributed by atoms with Crippen molar-refractivity contribution in [3.8, 4) is 11.3 Å². The lowest BCUT2D eigenvalue weighted by molar-refractivity contribution is 0.0336. The Balaban J connectivity index is 1.65. The first-order valence-electron chi connectivity index (χ1n) is 10.7. The summed E-state index contributed by atoms with van der Waals surface area (Å²) in [6, 6.07) is 11.9. The van der Waals surface area contributed by atoms with Crippen molar-refractivity contribution in [2.45, 2.75) is 26.3 Å². The summed E-state index contributed by atoms with van der Waals surface area (Å²) in [5.74, 6) is -0.885. The van der Waals surface area contributed by atoms with E-state index in [9.17, 15) is 8.78 Å². The number of hydrogen-bond acceptors (Lipinski definition) is 3. The summed E-state index contributed by atoms with van der Waals surface area (Å²) in [5.41, 5.74) is 5.51. The Hall–Kier alpha value is -2.83. The summed E-state index contributed by atoms with van der Waals surface area (Å²) >= 11 is 0. The van der Waals surface area contributed by atoms with Gasteiger partial charge in [0.2, 0.25) is 0 Å². The molecule has 31 heavy (non-hydrogen) atoms. The number of pyridine rings is 1. The van der Waals surface area contributed by atoms with Gasteiger partial charge in [0.25, 0.3) is 0 Å². The number of ether oxygens (including phenoxy) is 1. The molecule has 1 fully saturated rings. The van der Waals surface area contributed by atoms with Gasteiger partial charge in [-0.15, -0.1) is 0 Å². The Morgan fingerprint density at radius 2 is 1.74 bits per heavy atom. The van der Waals surface area contributed by atoms with Crippen LogP contribution in [0.5, 0.6) is 0 Å². The second-order valence-electron chi connectivity index (χ2n) is 8.18. The first-order chi connectivity index (χ1) is 15.1. The summed E-state index contributed by atoms with van der Waals surface area (Å²) in [4.78, 5) is 7.22. The van der Waals surface area contributed by atoms with Crippen LogP contribution in [0, 0.1) is 6.92 Å². The van der Waals surface area contributed by atoms with Crippen LogP contribution in [0.2, 0.25) is 0 Å². The molecule has 160 valence electrons. The molecule has 6 heteroatoms. The fourth-order valence-electron chi connectivity index (χ4n) is 4.28. The van der Waals surface area contributed by atoms with Gasteiger partial charge in [0.05, 0.1) is 30.2 Å². The highest BCUT2D eigenvalue weighted by atomic mass is 19.1. The molecule has 2 aliphatic rings. The molecular weight excluding hydrogens is 396 g/mol. The average molecular weight is 421 g/mol. The van der Waals surface area contributed by atoms with E-state index in [-0.39, 0.29) is 12.0 Å². The van der Waals surface area contributed by atoms with E-state index in [1.807, 2.05) is 16.7 Å². The van der Waals surface area contributed by atoms with Crippen LogP contribution in [0.1, 0.15) is 29.7 Å². The van der Waals surface area contributed by atoms with Gasteiger partial charge in [-0.2, -0.15) is 0 Å². The smallest absolute Gasteiger partial charge is 0.137 e. The summed E-state index contributed by atoms with van der Waals surface area (Å²) in [7, 11) is 0. The third-order valence-electron chi connectivity index (χ3n) is 6.01. The molecule has 3 heterocycles. The molecule has 1 aliphatic carbocycles. The normalized spacial score (nSPS) is 18.0. The topological polar surface area (TPSA) is 29.8 Å². The van der Waals surface area contributed by atoms with E-state index < -0.39 is 11.7 Å². The van der Waals surface area contributed by atoms with Crippen LogP contribution in [0.4, 0.5) is 8.78 Å². The minimum Gasteiger partial charge on any atom is -0.379 e. The molecule has 0 radical (unpaired) electrons. The maximum atomic E-state index is 14.5. The number of halogens is 2. The zero-order valence-electron chi connectivity index (χ0n) is 17.6. The van der Waals surface area contributed by atoms with E-state index in [0.29, 0.717) is 31.7 Å². The van der Waals surface area contributed by atoms with Crippen LogP contribution < -0.4 is 0 Å². The number of benzene rings is 1. The Bertz CT molecular complexity index is 1170. The van der Waals surface area contributed by atoms with Crippen molar-refractivity contribution < 1.29 is 13.5 Å². The molecule has 3 aromatic rings. The third-order valence-corrected chi connectivity index (χ3v) is 6.01. The zero-order chi connectivity index (χ0) is 21.4. The maximum absolute atomic E-state index is 14.5. The minimum atomic E-state index is -0.489. The Kier molecular flexibility index (Phi) is 5.42. The number of morpholine rings is 1. The van der Waals surface area contributed by atoms with Crippen LogP contribution in [0.25, 0.3) is 22.5 Å². The predicted molar refractivity (Wildman–Crippen MR) is 118 cm³/mol. The van der Waals surface area contributed by atoms with Gasteiger partial charge >= 0.3 is 0 Å². The van der Waals surface area contributed by atoms with Gasteiger partial charge in [0.15, 0.2) is 0 Å². The largest absolute Gasteiger partial charge is 0.379 e. The summed E-state index contributed by atoms with van der Waals surface area (Å²) in [5, 5.41) is 0. The standard InChI is InChI=1S/C25H25F2N3O/c1-17-5-7-18(8-6-17)25-22(16-29-11-13-31-14-12-29)30-15-19(9-10-23(30)28-25)24-20(26)3-2-4-21(24)27/h3,5-10,15H,2,4,11-14,16H2,1H3. The van der Waals surface area contributed by atoms with Crippen LogP contribution >= 0.6 is 0 Å². The summed E-state index contributed by atoms with van der Waals surface area (Å²) in [6.45, 7) is 5.85. The molecule has 0 bridgehead atoms. The van der Waals surface area contributed by atoms with Crippen LogP contribution in [0.3, 0.4) is 0 Å². The fraction of sp³-hybridized carbons (Fsp3) is 0.320. The van der Waals surface area contributed by atoms with E-state index in [2.05, 4.69) is 36.1 Å². The Morgan fingerprint density at radius 1 is 1.00 bits per heavy atom. The number of imidazole rings is 1. The van der Waals surface area contributed by atoms with Crippen molar-refractivity contribution in [1.29, 1.82) is 0 Å². The predicted octanol–water partition coefficient (Wildman–Crippen LogP) is 5.47. The number of hydrogen-bond donors (Lipinski definition) is 0. The first kappa shape index (κ1) is 20.1. The van der Waals surface area contributed by atoms with Crippen LogP contribution in [0.15, 0.2) is 60.3 Å². The maximum Gasteiger partial charge on any atom is 0.137 e. The SMILES string of the molecule is Cc1ccc(-c2nc3ccc(C4=C(F)CCC=C4F)cn3c2CN2CCOCC2)cc1. The highest BCUT2D eigenvalue weighted by Gasteiger charge is 2.22. The number of nitrogens with zero attached hydrogens (tertiary/aromatic N) is 3. The molecule has 5 rings (SSSR count). The third kappa shape index (κ3) is 3.93. The number of rotatable bonds is 4. The molecule has 0 amide bonds. The molecule has 0 N–H and O–H groups in total. The van der Waals surface area contributed by atoms with E-state index in [0.717, 1.165) is 35.7 Å². The lowest BCUT2D eigenvalue weighted by Crippen LogP contribution is -2.36.